The maximum atomic E-state index is 13.4. The molecule has 0 atom stereocenters. The molecule has 0 aliphatic rings. The van der Waals surface area contributed by atoms with Crippen molar-refractivity contribution in [2.24, 2.45) is 0 Å². The summed E-state index contributed by atoms with van der Waals surface area (Å²) in [5, 5.41) is 0. The van der Waals surface area contributed by atoms with Crippen LogP contribution >= 0.6 is 0 Å². The molecule has 0 spiro atoms. The van der Waals surface area contributed by atoms with Crippen LogP contribution in [0.15, 0.2) is 48.5 Å². The molecule has 0 amide bonds. The second-order valence-electron chi connectivity index (χ2n) is 4.66. The maximum absolute atomic E-state index is 13.4. The largest absolute Gasteiger partial charge is 0.294 e. The summed E-state index contributed by atoms with van der Waals surface area (Å²) in [4.78, 5) is 23.7. The average molecular weight is 288 g/mol. The molecule has 0 saturated heterocycles. The highest BCUT2D eigenvalue weighted by Crippen LogP contribution is 2.14. The highest BCUT2D eigenvalue weighted by molar-refractivity contribution is 5.98. The molecule has 0 unspecified atom stereocenters. The van der Waals surface area contributed by atoms with Gasteiger partial charge in [-0.15, -0.1) is 0 Å². The van der Waals surface area contributed by atoms with Gasteiger partial charge in [0.1, 0.15) is 11.6 Å². The molecule has 0 aliphatic carbocycles. The monoisotopic (exact) mass is 288 g/mol. The summed E-state index contributed by atoms with van der Waals surface area (Å²) in [6, 6.07) is 11.4. The molecule has 0 aromatic heterocycles. The zero-order valence-electron chi connectivity index (χ0n) is 11.3. The lowest BCUT2D eigenvalue weighted by molar-refractivity contribution is 0.0953. The van der Waals surface area contributed by atoms with E-state index < -0.39 is 11.6 Å². The van der Waals surface area contributed by atoms with Gasteiger partial charge in [-0.05, 0) is 30.7 Å². The normalized spacial score (nSPS) is 10.4. The zero-order chi connectivity index (χ0) is 15.2. The van der Waals surface area contributed by atoms with Crippen LogP contribution in [0.2, 0.25) is 0 Å². The molecule has 2 aromatic carbocycles. The Hall–Kier alpha value is -2.36. The Balaban J connectivity index is 1.90. The number of hydrogen-bond acceptors (Lipinski definition) is 2. The molecule has 4 heteroatoms. The highest BCUT2D eigenvalue weighted by atomic mass is 19.1. The van der Waals surface area contributed by atoms with Gasteiger partial charge in [-0.2, -0.15) is 0 Å². The molecule has 108 valence electrons. The van der Waals surface area contributed by atoms with Crippen molar-refractivity contribution in [3.63, 3.8) is 0 Å². The summed E-state index contributed by atoms with van der Waals surface area (Å²) >= 11 is 0. The molecule has 0 N–H and O–H groups in total. The van der Waals surface area contributed by atoms with Gasteiger partial charge in [-0.25, -0.2) is 8.78 Å². The number of benzene rings is 2. The Morgan fingerprint density at radius 1 is 0.714 bits per heavy atom. The lowest BCUT2D eigenvalue weighted by Crippen LogP contribution is -2.06. The van der Waals surface area contributed by atoms with Crippen LogP contribution in [-0.2, 0) is 0 Å². The molecule has 2 aromatic rings. The van der Waals surface area contributed by atoms with E-state index in [4.69, 9.17) is 0 Å². The van der Waals surface area contributed by atoms with E-state index in [1.54, 1.807) is 12.1 Å². The molecule has 21 heavy (non-hydrogen) atoms. The van der Waals surface area contributed by atoms with E-state index in [0.717, 1.165) is 0 Å². The first-order valence-electron chi connectivity index (χ1n) is 6.65. The third kappa shape index (κ3) is 3.81. The van der Waals surface area contributed by atoms with E-state index >= 15 is 0 Å². The number of hydrogen-bond donors (Lipinski definition) is 0. The van der Waals surface area contributed by atoms with Crippen molar-refractivity contribution >= 4 is 11.6 Å². The number of ketones is 2. The van der Waals surface area contributed by atoms with E-state index in [9.17, 15) is 18.4 Å². The summed E-state index contributed by atoms with van der Waals surface area (Å²) in [7, 11) is 0. The van der Waals surface area contributed by atoms with E-state index in [-0.39, 0.29) is 42.0 Å². The topological polar surface area (TPSA) is 34.1 Å². The predicted octanol–water partition coefficient (Wildman–Crippen LogP) is 4.20. The lowest BCUT2D eigenvalue weighted by Gasteiger charge is -2.03. The van der Waals surface area contributed by atoms with Crippen LogP contribution in [0.3, 0.4) is 0 Å². The third-order valence-corrected chi connectivity index (χ3v) is 3.16. The summed E-state index contributed by atoms with van der Waals surface area (Å²) in [6.45, 7) is 0. The predicted molar refractivity (Wildman–Crippen MR) is 75.3 cm³/mol. The molecule has 0 radical (unpaired) electrons. The van der Waals surface area contributed by atoms with E-state index in [1.807, 2.05) is 0 Å². The van der Waals surface area contributed by atoms with Crippen molar-refractivity contribution in [3.05, 3.63) is 71.3 Å². The molecular weight excluding hydrogens is 274 g/mol. The van der Waals surface area contributed by atoms with E-state index in [0.29, 0.717) is 0 Å². The molecule has 2 rings (SSSR count). The third-order valence-electron chi connectivity index (χ3n) is 3.16. The van der Waals surface area contributed by atoms with Crippen LogP contribution in [0.4, 0.5) is 8.78 Å². The maximum Gasteiger partial charge on any atom is 0.165 e. The van der Waals surface area contributed by atoms with Gasteiger partial charge in [0.15, 0.2) is 11.6 Å². The van der Waals surface area contributed by atoms with Gasteiger partial charge in [0.25, 0.3) is 0 Å². The van der Waals surface area contributed by atoms with Crippen LogP contribution in [0.1, 0.15) is 40.0 Å². The quantitative estimate of drug-likeness (QED) is 0.746. The molecule has 0 saturated carbocycles. The van der Waals surface area contributed by atoms with Crippen molar-refractivity contribution in [2.45, 2.75) is 19.3 Å². The van der Waals surface area contributed by atoms with Gasteiger partial charge in [0.05, 0.1) is 11.1 Å². The number of carbonyl (C=O) groups excluding carboxylic acids is 2. The first-order chi connectivity index (χ1) is 10.1. The SMILES string of the molecule is O=C(CCCC(=O)c1ccccc1F)c1ccccc1F. The van der Waals surface area contributed by atoms with E-state index in [2.05, 4.69) is 0 Å². The van der Waals surface area contributed by atoms with E-state index in [1.165, 1.54) is 36.4 Å². The smallest absolute Gasteiger partial charge is 0.165 e. The van der Waals surface area contributed by atoms with Crippen molar-refractivity contribution in [1.82, 2.24) is 0 Å². The number of Topliss-reactive ketones (excluding diaryl/α,β-unsaturated/α-hetero) is 2. The average Bonchev–Trinajstić information content (AvgIpc) is 2.48. The number of rotatable bonds is 6. The first kappa shape index (κ1) is 15.0. The number of carbonyl (C=O) groups is 2. The van der Waals surface area contributed by atoms with Gasteiger partial charge in [0, 0.05) is 12.8 Å². The number of halogens is 2. The Morgan fingerprint density at radius 3 is 1.48 bits per heavy atom. The Bertz CT molecular complexity index is 608. The molecule has 0 aliphatic heterocycles. The van der Waals surface area contributed by atoms with Gasteiger partial charge in [0.2, 0.25) is 0 Å². The van der Waals surface area contributed by atoms with Crippen LogP contribution in [0.25, 0.3) is 0 Å². The van der Waals surface area contributed by atoms with Crippen molar-refractivity contribution in [1.29, 1.82) is 0 Å². The van der Waals surface area contributed by atoms with Crippen LogP contribution in [-0.4, -0.2) is 11.6 Å². The lowest BCUT2D eigenvalue weighted by atomic mass is 10.0. The Morgan fingerprint density at radius 2 is 1.10 bits per heavy atom. The minimum Gasteiger partial charge on any atom is -0.294 e. The second-order valence-corrected chi connectivity index (χ2v) is 4.66. The summed E-state index contributed by atoms with van der Waals surface area (Å²) in [5.41, 5.74) is 0.0479. The van der Waals surface area contributed by atoms with Crippen LogP contribution < -0.4 is 0 Å². The summed E-state index contributed by atoms with van der Waals surface area (Å²) in [5.74, 6) is -1.84. The van der Waals surface area contributed by atoms with Crippen molar-refractivity contribution in [2.75, 3.05) is 0 Å². The molecule has 0 heterocycles. The second kappa shape index (κ2) is 6.88. The van der Waals surface area contributed by atoms with Crippen molar-refractivity contribution in [3.8, 4) is 0 Å². The fraction of sp³-hybridized carbons (Fsp3) is 0.176. The Kier molecular flexibility index (Phi) is 4.93. The molecule has 0 fully saturated rings. The van der Waals surface area contributed by atoms with Crippen LogP contribution in [0.5, 0.6) is 0 Å². The van der Waals surface area contributed by atoms with Gasteiger partial charge in [-0.1, -0.05) is 24.3 Å². The van der Waals surface area contributed by atoms with Gasteiger partial charge >= 0.3 is 0 Å². The van der Waals surface area contributed by atoms with Crippen LogP contribution in [0, 0.1) is 11.6 Å². The minimum absolute atomic E-state index is 0.0239. The Labute approximate surface area is 121 Å². The fourth-order valence-electron chi connectivity index (χ4n) is 2.05. The molecule has 2 nitrogen and oxygen atoms in total. The van der Waals surface area contributed by atoms with Crippen molar-refractivity contribution < 1.29 is 18.4 Å². The highest BCUT2D eigenvalue weighted by Gasteiger charge is 2.14. The molecular formula is C17H14F2O2. The fourth-order valence-corrected chi connectivity index (χ4v) is 2.05. The summed E-state index contributed by atoms with van der Waals surface area (Å²) < 4.78 is 26.8. The standard InChI is InChI=1S/C17H14F2O2/c18-14-8-3-1-6-12(14)16(20)10-5-11-17(21)13-7-2-4-9-15(13)19/h1-4,6-9H,5,10-11H2. The summed E-state index contributed by atoms with van der Waals surface area (Å²) in [6.07, 6.45) is 0.378. The first-order valence-corrected chi connectivity index (χ1v) is 6.65. The molecule has 0 bridgehead atoms. The zero-order valence-corrected chi connectivity index (χ0v) is 11.3. The van der Waals surface area contributed by atoms with Gasteiger partial charge in [-0.3, -0.25) is 9.59 Å². The van der Waals surface area contributed by atoms with Gasteiger partial charge < -0.3 is 0 Å². The minimum atomic E-state index is -0.567.